The van der Waals surface area contributed by atoms with Gasteiger partial charge < -0.3 is 5.11 Å². The molecule has 2 aromatic heterocycles. The highest BCUT2D eigenvalue weighted by atomic mass is 16.4. The van der Waals surface area contributed by atoms with Crippen LogP contribution in [0.15, 0.2) is 42.6 Å². The van der Waals surface area contributed by atoms with E-state index in [1.54, 1.807) is 18.3 Å². The summed E-state index contributed by atoms with van der Waals surface area (Å²) in [6, 6.07) is 11.2. The summed E-state index contributed by atoms with van der Waals surface area (Å²) in [4.78, 5) is 15.4. The van der Waals surface area contributed by atoms with Gasteiger partial charge in [-0.2, -0.15) is 0 Å². The second-order valence-corrected chi connectivity index (χ2v) is 4.71. The molecule has 0 saturated heterocycles. The molecule has 3 rings (SSSR count). The maximum absolute atomic E-state index is 11.1. The number of benzene rings is 1. The lowest BCUT2D eigenvalue weighted by molar-refractivity contribution is 0.0698. The number of aromatic carboxylic acids is 1. The van der Waals surface area contributed by atoms with Crippen LogP contribution in [0.4, 0.5) is 0 Å². The zero-order valence-corrected chi connectivity index (χ0v) is 11.4. The summed E-state index contributed by atoms with van der Waals surface area (Å²) in [5.74, 6) is -0.536. The Morgan fingerprint density at radius 3 is 2.67 bits per heavy atom. The Labute approximate surface area is 121 Å². The zero-order valence-electron chi connectivity index (χ0n) is 11.4. The third-order valence-electron chi connectivity index (χ3n) is 3.11. The quantitative estimate of drug-likeness (QED) is 0.800. The van der Waals surface area contributed by atoms with Gasteiger partial charge in [0.25, 0.3) is 0 Å². The first-order chi connectivity index (χ1) is 10.1. The van der Waals surface area contributed by atoms with Gasteiger partial charge in [-0.25, -0.2) is 14.3 Å². The molecule has 5 nitrogen and oxygen atoms in total. The van der Waals surface area contributed by atoms with Crippen LogP contribution >= 0.6 is 0 Å². The molecule has 104 valence electrons. The van der Waals surface area contributed by atoms with E-state index in [9.17, 15) is 4.79 Å². The van der Waals surface area contributed by atoms with Gasteiger partial charge in [-0.15, -0.1) is 5.10 Å². The molecule has 1 N–H and O–H groups in total. The minimum Gasteiger partial charge on any atom is -0.478 e. The van der Waals surface area contributed by atoms with Crippen molar-refractivity contribution in [2.24, 2.45) is 0 Å². The van der Waals surface area contributed by atoms with Gasteiger partial charge in [0.2, 0.25) is 0 Å². The largest absolute Gasteiger partial charge is 0.478 e. The Hall–Kier alpha value is -2.95. The van der Waals surface area contributed by atoms with Crippen LogP contribution in [0, 0.1) is 6.92 Å². The number of nitrogens with zero attached hydrogens (tertiary/aromatic N) is 3. The van der Waals surface area contributed by atoms with Crippen molar-refractivity contribution in [3.8, 4) is 0 Å². The van der Waals surface area contributed by atoms with E-state index in [0.717, 1.165) is 5.56 Å². The van der Waals surface area contributed by atoms with Gasteiger partial charge in [0.15, 0.2) is 11.5 Å². The molecule has 3 aromatic rings. The second-order valence-electron chi connectivity index (χ2n) is 4.71. The third-order valence-corrected chi connectivity index (χ3v) is 3.11. The van der Waals surface area contributed by atoms with E-state index in [4.69, 9.17) is 5.11 Å². The first-order valence-electron chi connectivity index (χ1n) is 6.47. The molecular formula is C16H13N3O2. The van der Waals surface area contributed by atoms with Gasteiger partial charge in [-0.1, -0.05) is 35.9 Å². The molecule has 0 aliphatic rings. The van der Waals surface area contributed by atoms with Crippen LogP contribution in [0.25, 0.3) is 17.8 Å². The Balaban J connectivity index is 1.96. The molecule has 21 heavy (non-hydrogen) atoms. The number of aryl methyl sites for hydroxylation is 1. The highest BCUT2D eigenvalue weighted by Crippen LogP contribution is 2.11. The smallest absolute Gasteiger partial charge is 0.339 e. The van der Waals surface area contributed by atoms with Crippen molar-refractivity contribution in [3.05, 3.63) is 65.1 Å². The molecule has 0 bridgehead atoms. The number of carboxylic acid groups (broad SMARTS) is 1. The van der Waals surface area contributed by atoms with Crippen LogP contribution < -0.4 is 0 Å². The Kier molecular flexibility index (Phi) is 3.23. The van der Waals surface area contributed by atoms with Gasteiger partial charge in [-0.3, -0.25) is 0 Å². The molecule has 0 atom stereocenters. The fourth-order valence-corrected chi connectivity index (χ4v) is 2.01. The highest BCUT2D eigenvalue weighted by Gasteiger charge is 2.11. The van der Waals surface area contributed by atoms with E-state index in [1.165, 1.54) is 16.1 Å². The van der Waals surface area contributed by atoms with E-state index in [-0.39, 0.29) is 5.56 Å². The topological polar surface area (TPSA) is 67.5 Å². The Morgan fingerprint density at radius 1 is 1.19 bits per heavy atom. The van der Waals surface area contributed by atoms with Gasteiger partial charge in [0.1, 0.15) is 5.56 Å². The van der Waals surface area contributed by atoms with Crippen molar-refractivity contribution < 1.29 is 9.90 Å². The van der Waals surface area contributed by atoms with E-state index in [0.29, 0.717) is 11.5 Å². The molecule has 0 spiro atoms. The van der Waals surface area contributed by atoms with Gasteiger partial charge >= 0.3 is 5.97 Å². The fourth-order valence-electron chi connectivity index (χ4n) is 2.01. The average Bonchev–Trinajstić information content (AvgIpc) is 2.89. The molecule has 0 radical (unpaired) electrons. The summed E-state index contributed by atoms with van der Waals surface area (Å²) >= 11 is 0. The van der Waals surface area contributed by atoms with E-state index < -0.39 is 5.97 Å². The second kappa shape index (κ2) is 5.20. The maximum Gasteiger partial charge on any atom is 0.339 e. The number of carbonyl (C=O) groups is 1. The number of aromatic nitrogens is 3. The molecule has 0 amide bonds. The maximum atomic E-state index is 11.1. The molecule has 2 heterocycles. The lowest BCUT2D eigenvalue weighted by Gasteiger charge is -1.94. The Morgan fingerprint density at radius 2 is 1.95 bits per heavy atom. The zero-order chi connectivity index (χ0) is 14.8. The fraction of sp³-hybridized carbons (Fsp3) is 0.0625. The minimum atomic E-state index is -1.01. The number of fused-ring (bicyclic) bond motifs is 1. The van der Waals surface area contributed by atoms with Gasteiger partial charge in [0.05, 0.1) is 0 Å². The van der Waals surface area contributed by atoms with Crippen LogP contribution in [-0.4, -0.2) is 25.7 Å². The monoisotopic (exact) mass is 279 g/mol. The highest BCUT2D eigenvalue weighted by molar-refractivity contribution is 5.94. The molecule has 0 fully saturated rings. The third kappa shape index (κ3) is 2.67. The van der Waals surface area contributed by atoms with Crippen LogP contribution in [0.1, 0.15) is 27.3 Å². The summed E-state index contributed by atoms with van der Waals surface area (Å²) in [6.45, 7) is 2.03. The number of carboxylic acids is 1. The summed E-state index contributed by atoms with van der Waals surface area (Å²) < 4.78 is 1.47. The summed E-state index contributed by atoms with van der Waals surface area (Å²) in [6.07, 6.45) is 5.34. The van der Waals surface area contributed by atoms with Crippen molar-refractivity contribution in [1.82, 2.24) is 14.6 Å². The first-order valence-corrected chi connectivity index (χ1v) is 6.47. The minimum absolute atomic E-state index is 0.139. The lowest BCUT2D eigenvalue weighted by atomic mass is 10.1. The predicted molar refractivity (Wildman–Crippen MR) is 80.1 cm³/mol. The molecule has 0 unspecified atom stereocenters. The Bertz CT molecular complexity index is 832. The number of pyridine rings is 1. The standard InChI is InChI=1S/C16H13N3O2/c1-11-4-6-12(7-5-11)8-9-14-17-15-13(16(20)21)3-2-10-19(15)18-14/h2-10H,1H3,(H,20,21)/b9-8+. The van der Waals surface area contributed by atoms with Crippen molar-refractivity contribution >= 4 is 23.8 Å². The van der Waals surface area contributed by atoms with Crippen LogP contribution in [0.3, 0.4) is 0 Å². The van der Waals surface area contributed by atoms with E-state index in [2.05, 4.69) is 10.1 Å². The lowest BCUT2D eigenvalue weighted by Crippen LogP contribution is -2.00. The number of hydrogen-bond acceptors (Lipinski definition) is 3. The van der Waals surface area contributed by atoms with Crippen molar-refractivity contribution in [1.29, 1.82) is 0 Å². The van der Waals surface area contributed by atoms with Crippen LogP contribution in [0.5, 0.6) is 0 Å². The molecular weight excluding hydrogens is 266 g/mol. The SMILES string of the molecule is Cc1ccc(/C=C/c2nc3c(C(=O)O)cccn3n2)cc1. The molecule has 0 saturated carbocycles. The molecule has 5 heteroatoms. The molecule has 0 aliphatic heterocycles. The van der Waals surface area contributed by atoms with E-state index in [1.807, 2.05) is 37.3 Å². The van der Waals surface area contributed by atoms with E-state index >= 15 is 0 Å². The average molecular weight is 279 g/mol. The molecule has 0 aliphatic carbocycles. The summed E-state index contributed by atoms with van der Waals surface area (Å²) in [7, 11) is 0. The van der Waals surface area contributed by atoms with Gasteiger partial charge in [0, 0.05) is 6.20 Å². The number of rotatable bonds is 3. The predicted octanol–water partition coefficient (Wildman–Crippen LogP) is 2.91. The summed E-state index contributed by atoms with van der Waals surface area (Å²) in [5.41, 5.74) is 2.72. The number of hydrogen-bond donors (Lipinski definition) is 1. The van der Waals surface area contributed by atoms with Crippen LogP contribution in [0.2, 0.25) is 0 Å². The van der Waals surface area contributed by atoms with Crippen molar-refractivity contribution in [3.63, 3.8) is 0 Å². The van der Waals surface area contributed by atoms with Crippen LogP contribution in [-0.2, 0) is 0 Å². The first kappa shape index (κ1) is 13.1. The normalized spacial score (nSPS) is 11.3. The summed E-state index contributed by atoms with van der Waals surface area (Å²) in [5, 5.41) is 13.4. The van der Waals surface area contributed by atoms with Crippen molar-refractivity contribution in [2.45, 2.75) is 6.92 Å². The molecule has 1 aromatic carbocycles. The van der Waals surface area contributed by atoms with Gasteiger partial charge in [-0.05, 0) is 30.7 Å². The van der Waals surface area contributed by atoms with Crippen molar-refractivity contribution in [2.75, 3.05) is 0 Å².